The lowest BCUT2D eigenvalue weighted by molar-refractivity contribution is 0.00456. The van der Waals surface area contributed by atoms with Crippen molar-refractivity contribution >= 4 is 20.8 Å². The van der Waals surface area contributed by atoms with Crippen LogP contribution in [-0.4, -0.2) is 48.7 Å². The molecule has 2 atom stereocenters. The third kappa shape index (κ3) is 5.68. The molecule has 1 aromatic heterocycles. The Hall–Kier alpha value is -2.90. The van der Waals surface area contributed by atoms with Gasteiger partial charge in [-0.15, -0.1) is 0 Å². The number of rotatable bonds is 6. The normalized spacial score (nSPS) is 16.8. The number of aromatic nitrogens is 2. The van der Waals surface area contributed by atoms with E-state index in [0.717, 1.165) is 24.3 Å². The van der Waals surface area contributed by atoms with Gasteiger partial charge in [-0.3, -0.25) is 4.90 Å². The van der Waals surface area contributed by atoms with Crippen LogP contribution in [0.1, 0.15) is 37.7 Å². The maximum atomic E-state index is 13.9. The zero-order valence-corrected chi connectivity index (χ0v) is 23.0. The minimum absolute atomic E-state index is 0.0206. The fourth-order valence-electron chi connectivity index (χ4n) is 4.92. The number of carbonyl (C=O) groups excluding carboxylic acids is 1. The molecule has 35 heavy (non-hydrogen) atoms. The van der Waals surface area contributed by atoms with Crippen LogP contribution >= 0.6 is 0 Å². The molecule has 1 unspecified atom stereocenters. The molecule has 4 rings (SSSR count). The maximum Gasteiger partial charge on any atom is 0.324 e. The van der Waals surface area contributed by atoms with Gasteiger partial charge in [0.05, 0.1) is 30.7 Å². The number of amides is 2. The third-order valence-electron chi connectivity index (χ3n) is 6.65. The number of benzene rings is 2. The molecule has 186 valence electrons. The molecule has 0 saturated heterocycles. The monoisotopic (exact) mass is 490 g/mol. The molecule has 0 radical (unpaired) electrons. The second-order valence-corrected chi connectivity index (χ2v) is 13.2. The van der Waals surface area contributed by atoms with Crippen molar-refractivity contribution in [1.82, 2.24) is 14.5 Å². The van der Waals surface area contributed by atoms with Gasteiger partial charge in [0.25, 0.3) is 0 Å². The summed E-state index contributed by atoms with van der Waals surface area (Å²) < 4.78 is 8.91. The fraction of sp³-hybridized carbons (Fsp3) is 0.429. The van der Waals surface area contributed by atoms with Crippen LogP contribution in [0, 0.1) is 5.41 Å². The molecule has 0 spiro atoms. The van der Waals surface area contributed by atoms with Crippen molar-refractivity contribution < 1.29 is 9.22 Å². The summed E-state index contributed by atoms with van der Waals surface area (Å²) in [5, 5.41) is 0. The van der Waals surface area contributed by atoms with E-state index >= 15 is 0 Å². The Kier molecular flexibility index (Phi) is 7.47. The predicted octanol–water partition coefficient (Wildman–Crippen LogP) is 5.33. The molecule has 0 bridgehead atoms. The zero-order chi connectivity index (χ0) is 25.2. The highest BCUT2D eigenvalue weighted by Crippen LogP contribution is 2.35. The van der Waals surface area contributed by atoms with Crippen molar-refractivity contribution in [3.05, 3.63) is 83.9 Å². The number of imidazole rings is 1. The van der Waals surface area contributed by atoms with Gasteiger partial charge in [0.15, 0.2) is 9.04 Å². The molecule has 0 fully saturated rings. The number of anilines is 1. The SMILES string of the molecule is CN(C(=O)N1Cc2ncn(Cc3ccccc3)c2C[C@H]1C(O[SiH](C)C)C(C)(C)C)c1ccccc1. The van der Waals surface area contributed by atoms with E-state index in [4.69, 9.17) is 9.41 Å². The molecule has 3 aromatic rings. The van der Waals surface area contributed by atoms with Gasteiger partial charge in [-0.1, -0.05) is 69.3 Å². The molecule has 0 saturated carbocycles. The van der Waals surface area contributed by atoms with E-state index in [0.29, 0.717) is 6.54 Å². The average Bonchev–Trinajstić information content (AvgIpc) is 3.22. The minimum Gasteiger partial charge on any atom is -0.415 e. The lowest BCUT2D eigenvalue weighted by Gasteiger charge is -2.46. The largest absolute Gasteiger partial charge is 0.415 e. The second-order valence-electron chi connectivity index (χ2n) is 10.8. The Labute approximate surface area is 211 Å². The summed E-state index contributed by atoms with van der Waals surface area (Å²) in [6.07, 6.45) is 2.57. The molecule has 2 amide bonds. The highest BCUT2D eigenvalue weighted by Gasteiger charge is 2.43. The zero-order valence-electron chi connectivity index (χ0n) is 21.8. The van der Waals surface area contributed by atoms with Gasteiger partial charge >= 0.3 is 6.03 Å². The van der Waals surface area contributed by atoms with Gasteiger partial charge < -0.3 is 13.9 Å². The highest BCUT2D eigenvalue weighted by molar-refractivity contribution is 6.48. The van der Waals surface area contributed by atoms with Crippen LogP contribution in [0.15, 0.2) is 67.0 Å². The van der Waals surface area contributed by atoms with Gasteiger partial charge in [-0.2, -0.15) is 0 Å². The average molecular weight is 491 g/mol. The van der Waals surface area contributed by atoms with E-state index in [1.807, 2.05) is 54.7 Å². The standard InChI is InChI=1S/C28H38N4O2Si/c1-28(2,3)26(34-35(5)6)25-17-24-23(29-20-31(24)18-21-13-9-7-10-14-21)19-32(25)27(33)30(4)22-15-11-8-12-16-22/h7-16,20,25-26,35H,17-19H2,1-6H3/t25-,26?/m0/s1. The summed E-state index contributed by atoms with van der Waals surface area (Å²) in [7, 11) is 0.494. The third-order valence-corrected chi connectivity index (χ3v) is 7.49. The molecular weight excluding hydrogens is 452 g/mol. The topological polar surface area (TPSA) is 50.6 Å². The number of hydrogen-bond acceptors (Lipinski definition) is 3. The van der Waals surface area contributed by atoms with Crippen molar-refractivity contribution in [3.8, 4) is 0 Å². The molecule has 1 aliphatic heterocycles. The Morgan fingerprint density at radius 3 is 2.34 bits per heavy atom. The van der Waals surface area contributed by atoms with Crippen LogP contribution in [0.3, 0.4) is 0 Å². The van der Waals surface area contributed by atoms with Crippen molar-refractivity contribution in [3.63, 3.8) is 0 Å². The van der Waals surface area contributed by atoms with Gasteiger partial charge in [-0.05, 0) is 36.2 Å². The van der Waals surface area contributed by atoms with Gasteiger partial charge in [0, 0.05) is 31.4 Å². The summed E-state index contributed by atoms with van der Waals surface area (Å²) in [6, 6.07) is 20.2. The molecule has 2 heterocycles. The summed E-state index contributed by atoms with van der Waals surface area (Å²) in [5.74, 6) is 0. The number of carbonyl (C=O) groups is 1. The summed E-state index contributed by atoms with van der Waals surface area (Å²) in [6.45, 7) is 12.3. The predicted molar refractivity (Wildman–Crippen MR) is 144 cm³/mol. The van der Waals surface area contributed by atoms with Crippen LogP contribution in [0.4, 0.5) is 10.5 Å². The smallest absolute Gasteiger partial charge is 0.324 e. The van der Waals surface area contributed by atoms with Crippen LogP contribution in [0.25, 0.3) is 0 Å². The van der Waals surface area contributed by atoms with Crippen molar-refractivity contribution in [2.45, 2.75) is 65.5 Å². The van der Waals surface area contributed by atoms with Crippen molar-refractivity contribution in [1.29, 1.82) is 0 Å². The lowest BCUT2D eigenvalue weighted by Crippen LogP contribution is -2.58. The van der Waals surface area contributed by atoms with E-state index < -0.39 is 9.04 Å². The number of fused-ring (bicyclic) bond motifs is 1. The summed E-state index contributed by atoms with van der Waals surface area (Å²) >= 11 is 0. The first-order valence-corrected chi connectivity index (χ1v) is 15.2. The Morgan fingerprint density at radius 1 is 1.11 bits per heavy atom. The molecule has 0 aliphatic carbocycles. The van der Waals surface area contributed by atoms with Crippen LogP contribution in [0.5, 0.6) is 0 Å². The van der Waals surface area contributed by atoms with E-state index in [2.05, 4.69) is 62.7 Å². The van der Waals surface area contributed by atoms with Crippen molar-refractivity contribution in [2.75, 3.05) is 11.9 Å². The number of hydrogen-bond donors (Lipinski definition) is 0. The molecule has 0 N–H and O–H groups in total. The van der Waals surface area contributed by atoms with E-state index in [9.17, 15) is 4.79 Å². The Balaban J connectivity index is 1.71. The summed E-state index contributed by atoms with van der Waals surface area (Å²) in [4.78, 5) is 22.4. The maximum absolute atomic E-state index is 13.9. The summed E-state index contributed by atoms with van der Waals surface area (Å²) in [5.41, 5.74) is 4.18. The van der Waals surface area contributed by atoms with Crippen LogP contribution in [-0.2, 0) is 23.9 Å². The fourth-order valence-corrected chi connectivity index (χ4v) is 6.10. The Bertz CT molecular complexity index is 1120. The first kappa shape index (κ1) is 25.2. The molecular formula is C28H38N4O2Si. The second kappa shape index (κ2) is 10.4. The molecule has 7 heteroatoms. The molecule has 1 aliphatic rings. The minimum atomic E-state index is -1.36. The highest BCUT2D eigenvalue weighted by atomic mass is 28.3. The first-order chi connectivity index (χ1) is 16.6. The number of para-hydroxylation sites is 1. The van der Waals surface area contributed by atoms with Gasteiger partial charge in [0.2, 0.25) is 0 Å². The van der Waals surface area contributed by atoms with Crippen LogP contribution < -0.4 is 4.90 Å². The lowest BCUT2D eigenvalue weighted by atomic mass is 9.81. The molecule has 6 nitrogen and oxygen atoms in total. The van der Waals surface area contributed by atoms with E-state index in [-0.39, 0.29) is 23.6 Å². The molecule has 2 aromatic carbocycles. The van der Waals surface area contributed by atoms with Crippen LogP contribution in [0.2, 0.25) is 13.1 Å². The first-order valence-electron chi connectivity index (χ1n) is 12.5. The number of nitrogens with zero attached hydrogens (tertiary/aromatic N) is 4. The Morgan fingerprint density at radius 2 is 1.74 bits per heavy atom. The van der Waals surface area contributed by atoms with Crippen molar-refractivity contribution in [2.24, 2.45) is 5.41 Å². The van der Waals surface area contributed by atoms with E-state index in [1.165, 1.54) is 11.3 Å². The van der Waals surface area contributed by atoms with E-state index in [1.54, 1.807) is 4.90 Å². The number of urea groups is 1. The van der Waals surface area contributed by atoms with Gasteiger partial charge in [-0.25, -0.2) is 9.78 Å². The quantitative estimate of drug-likeness (QED) is 0.439. The van der Waals surface area contributed by atoms with Gasteiger partial charge in [0.1, 0.15) is 0 Å².